The van der Waals surface area contributed by atoms with Crippen molar-refractivity contribution in [3.63, 3.8) is 0 Å². The topological polar surface area (TPSA) is 76.1 Å². The first-order valence-electron chi connectivity index (χ1n) is 10.3. The zero-order valence-corrected chi connectivity index (χ0v) is 18.4. The van der Waals surface area contributed by atoms with E-state index in [2.05, 4.69) is 45.2 Å². The molecule has 0 spiro atoms. The van der Waals surface area contributed by atoms with Crippen molar-refractivity contribution in [3.8, 4) is 11.5 Å². The van der Waals surface area contributed by atoms with Crippen LogP contribution >= 0.6 is 0 Å². The minimum atomic E-state index is -0.0292. The highest BCUT2D eigenvalue weighted by Crippen LogP contribution is 2.19. The van der Waals surface area contributed by atoms with Crippen LogP contribution in [-0.4, -0.2) is 52.5 Å². The lowest BCUT2D eigenvalue weighted by Crippen LogP contribution is -2.41. The highest BCUT2D eigenvalue weighted by atomic mass is 16.5. The molecule has 0 saturated carbocycles. The highest BCUT2D eigenvalue weighted by molar-refractivity contribution is 5.79. The number of nitrogens with zero attached hydrogens (tertiary/aromatic N) is 1. The summed E-state index contributed by atoms with van der Waals surface area (Å²) >= 11 is 0. The van der Waals surface area contributed by atoms with Crippen LogP contribution in [0.4, 0.5) is 5.69 Å². The van der Waals surface area contributed by atoms with Gasteiger partial charge in [0.05, 0.1) is 26.8 Å². The van der Waals surface area contributed by atoms with Gasteiger partial charge in [-0.3, -0.25) is 0 Å². The van der Waals surface area contributed by atoms with Gasteiger partial charge in [-0.05, 0) is 43.7 Å². The first-order chi connectivity index (χ1) is 14.6. The summed E-state index contributed by atoms with van der Waals surface area (Å²) in [5.74, 6) is 2.33. The van der Waals surface area contributed by atoms with E-state index in [0.717, 1.165) is 41.8 Å². The minimum absolute atomic E-state index is 0.0292. The van der Waals surface area contributed by atoms with Gasteiger partial charge in [-0.15, -0.1) is 0 Å². The maximum atomic E-state index is 5.96. The van der Waals surface area contributed by atoms with E-state index in [9.17, 15) is 0 Å². The quantitative estimate of drug-likeness (QED) is 0.281. The Balaban J connectivity index is 1.84. The fraction of sp³-hybridized carbons (Fsp3) is 0.435. The smallest absolute Gasteiger partial charge is 0.191 e. The summed E-state index contributed by atoms with van der Waals surface area (Å²) in [6, 6.07) is 15.9. The van der Waals surface area contributed by atoms with Crippen LogP contribution in [0.5, 0.6) is 11.5 Å². The molecule has 1 unspecified atom stereocenters. The first-order valence-corrected chi connectivity index (χ1v) is 10.3. The van der Waals surface area contributed by atoms with Crippen molar-refractivity contribution in [3.05, 3.63) is 54.1 Å². The standard InChI is InChI=1S/C23H34N4O3/c1-5-24-23(26-16-18(2)30-22-8-6-7-21(15-22)29-4)27-17-19-9-11-20(12-10-19)25-13-14-28-3/h6-12,15,18,25H,5,13-14,16-17H2,1-4H3,(H2,24,26,27). The van der Waals surface area contributed by atoms with Crippen molar-refractivity contribution >= 4 is 11.6 Å². The van der Waals surface area contributed by atoms with Crippen molar-refractivity contribution in [1.82, 2.24) is 10.6 Å². The third-order valence-electron chi connectivity index (χ3n) is 4.29. The first kappa shape index (κ1) is 23.3. The molecular weight excluding hydrogens is 380 g/mol. The SMILES string of the molecule is CCNC(=NCc1ccc(NCCOC)cc1)NCC(C)Oc1cccc(OC)c1. The minimum Gasteiger partial charge on any atom is -0.497 e. The van der Waals surface area contributed by atoms with Gasteiger partial charge < -0.3 is 30.2 Å². The number of anilines is 1. The molecule has 0 heterocycles. The number of guanidine groups is 1. The predicted octanol–water partition coefficient (Wildman–Crippen LogP) is 3.28. The summed E-state index contributed by atoms with van der Waals surface area (Å²) in [5.41, 5.74) is 2.22. The van der Waals surface area contributed by atoms with E-state index in [0.29, 0.717) is 19.7 Å². The van der Waals surface area contributed by atoms with Crippen LogP contribution in [0.2, 0.25) is 0 Å². The Morgan fingerprint density at radius 1 is 1.03 bits per heavy atom. The van der Waals surface area contributed by atoms with Gasteiger partial charge in [0.2, 0.25) is 0 Å². The van der Waals surface area contributed by atoms with Crippen LogP contribution in [-0.2, 0) is 11.3 Å². The summed E-state index contributed by atoms with van der Waals surface area (Å²) in [7, 11) is 3.35. The molecule has 0 aliphatic rings. The molecule has 30 heavy (non-hydrogen) atoms. The molecule has 2 aromatic rings. The van der Waals surface area contributed by atoms with E-state index >= 15 is 0 Å². The molecule has 7 heteroatoms. The summed E-state index contributed by atoms with van der Waals surface area (Å²) in [5, 5.41) is 9.93. The lowest BCUT2D eigenvalue weighted by atomic mass is 10.2. The molecule has 7 nitrogen and oxygen atoms in total. The van der Waals surface area contributed by atoms with E-state index in [1.807, 2.05) is 38.1 Å². The van der Waals surface area contributed by atoms with Gasteiger partial charge in [-0.1, -0.05) is 18.2 Å². The Morgan fingerprint density at radius 3 is 2.50 bits per heavy atom. The van der Waals surface area contributed by atoms with Crippen molar-refractivity contribution in [2.24, 2.45) is 4.99 Å². The molecule has 0 radical (unpaired) electrons. The third-order valence-corrected chi connectivity index (χ3v) is 4.29. The molecule has 0 saturated heterocycles. The fourth-order valence-corrected chi connectivity index (χ4v) is 2.73. The molecule has 0 aliphatic heterocycles. The monoisotopic (exact) mass is 414 g/mol. The Bertz CT molecular complexity index is 765. The number of benzene rings is 2. The van der Waals surface area contributed by atoms with E-state index in [4.69, 9.17) is 14.2 Å². The molecule has 0 bridgehead atoms. The molecule has 3 N–H and O–H groups in total. The normalized spacial score (nSPS) is 12.2. The number of ether oxygens (including phenoxy) is 3. The Kier molecular flexibility index (Phi) is 10.4. The van der Waals surface area contributed by atoms with Gasteiger partial charge in [-0.25, -0.2) is 4.99 Å². The average molecular weight is 415 g/mol. The zero-order valence-electron chi connectivity index (χ0n) is 18.4. The summed E-state index contributed by atoms with van der Waals surface area (Å²) in [6.45, 7) is 7.56. The lowest BCUT2D eigenvalue weighted by Gasteiger charge is -2.18. The molecule has 0 fully saturated rings. The van der Waals surface area contributed by atoms with Gasteiger partial charge in [-0.2, -0.15) is 0 Å². The molecular formula is C23H34N4O3. The molecule has 0 amide bonds. The van der Waals surface area contributed by atoms with E-state index in [1.54, 1.807) is 14.2 Å². The van der Waals surface area contributed by atoms with Crippen LogP contribution in [0.3, 0.4) is 0 Å². The molecule has 0 aliphatic carbocycles. The number of aliphatic imine (C=N–C) groups is 1. The number of methoxy groups -OCH3 is 2. The second-order valence-electron chi connectivity index (χ2n) is 6.80. The second-order valence-corrected chi connectivity index (χ2v) is 6.80. The number of hydrogen-bond donors (Lipinski definition) is 3. The number of rotatable bonds is 12. The van der Waals surface area contributed by atoms with Crippen LogP contribution in [0.15, 0.2) is 53.5 Å². The van der Waals surface area contributed by atoms with E-state index in [1.165, 1.54) is 0 Å². The van der Waals surface area contributed by atoms with Gasteiger partial charge in [0, 0.05) is 32.0 Å². The zero-order chi connectivity index (χ0) is 21.6. The van der Waals surface area contributed by atoms with Crippen LogP contribution in [0.25, 0.3) is 0 Å². The Morgan fingerprint density at radius 2 is 1.80 bits per heavy atom. The van der Waals surface area contributed by atoms with Crippen molar-refractivity contribution in [2.75, 3.05) is 45.8 Å². The average Bonchev–Trinajstić information content (AvgIpc) is 2.77. The third kappa shape index (κ3) is 8.61. The van der Waals surface area contributed by atoms with Crippen molar-refractivity contribution in [2.45, 2.75) is 26.5 Å². The van der Waals surface area contributed by atoms with Crippen LogP contribution < -0.4 is 25.4 Å². The van der Waals surface area contributed by atoms with Crippen molar-refractivity contribution < 1.29 is 14.2 Å². The van der Waals surface area contributed by atoms with Crippen LogP contribution in [0.1, 0.15) is 19.4 Å². The fourth-order valence-electron chi connectivity index (χ4n) is 2.73. The molecule has 1 atom stereocenters. The lowest BCUT2D eigenvalue weighted by molar-refractivity contribution is 0.211. The van der Waals surface area contributed by atoms with E-state index in [-0.39, 0.29) is 6.10 Å². The molecule has 2 aromatic carbocycles. The number of nitrogens with one attached hydrogen (secondary N) is 3. The summed E-state index contributed by atoms with van der Waals surface area (Å²) < 4.78 is 16.2. The maximum Gasteiger partial charge on any atom is 0.191 e. The van der Waals surface area contributed by atoms with Gasteiger partial charge >= 0.3 is 0 Å². The summed E-state index contributed by atoms with van der Waals surface area (Å²) in [6.07, 6.45) is -0.0292. The maximum absolute atomic E-state index is 5.96. The Labute approximate surface area is 179 Å². The Hall–Kier alpha value is -2.93. The second kappa shape index (κ2) is 13.3. The van der Waals surface area contributed by atoms with Crippen molar-refractivity contribution in [1.29, 1.82) is 0 Å². The molecule has 0 aromatic heterocycles. The molecule has 164 valence electrons. The van der Waals surface area contributed by atoms with Gasteiger partial charge in [0.15, 0.2) is 5.96 Å². The number of hydrogen-bond acceptors (Lipinski definition) is 5. The summed E-state index contributed by atoms with van der Waals surface area (Å²) in [4.78, 5) is 4.67. The highest BCUT2D eigenvalue weighted by Gasteiger charge is 2.07. The van der Waals surface area contributed by atoms with Crippen LogP contribution in [0, 0.1) is 0 Å². The van der Waals surface area contributed by atoms with Gasteiger partial charge in [0.25, 0.3) is 0 Å². The van der Waals surface area contributed by atoms with Gasteiger partial charge in [0.1, 0.15) is 17.6 Å². The largest absolute Gasteiger partial charge is 0.497 e. The van der Waals surface area contributed by atoms with E-state index < -0.39 is 0 Å². The predicted molar refractivity (Wildman–Crippen MR) is 123 cm³/mol. The molecule has 2 rings (SSSR count).